The smallest absolute Gasteiger partial charge is 0.409 e. The minimum absolute atomic E-state index is 0.442. The van der Waals surface area contributed by atoms with Crippen LogP contribution >= 0.6 is 0 Å². The van der Waals surface area contributed by atoms with E-state index >= 15 is 0 Å². The number of nitrogens with one attached hydrogen (secondary N) is 1. The second-order valence-electron chi connectivity index (χ2n) is 2.57. The minimum atomic E-state index is -1.13. The minimum Gasteiger partial charge on any atom is -0.465 e. The molecule has 0 fully saturated rings. The van der Waals surface area contributed by atoms with Gasteiger partial charge < -0.3 is 5.11 Å². The third kappa shape index (κ3) is 2.05. The highest BCUT2D eigenvalue weighted by Gasteiger charge is 2.04. The number of aldehydes is 1. The van der Waals surface area contributed by atoms with E-state index < -0.39 is 6.09 Å². The van der Waals surface area contributed by atoms with Crippen molar-refractivity contribution in [2.45, 2.75) is 6.92 Å². The number of carboxylic acid groups (broad SMARTS) is 1. The van der Waals surface area contributed by atoms with Gasteiger partial charge in [0.1, 0.15) is 6.29 Å². The molecule has 0 radical (unpaired) electrons. The highest BCUT2D eigenvalue weighted by atomic mass is 16.4. The van der Waals surface area contributed by atoms with Gasteiger partial charge in [-0.25, -0.2) is 4.79 Å². The van der Waals surface area contributed by atoms with Gasteiger partial charge in [-0.3, -0.25) is 10.1 Å². The van der Waals surface area contributed by atoms with Crippen LogP contribution in [0, 0.1) is 6.92 Å². The summed E-state index contributed by atoms with van der Waals surface area (Å²) in [6.07, 6.45) is -0.436. The van der Waals surface area contributed by atoms with Gasteiger partial charge >= 0.3 is 6.09 Å². The van der Waals surface area contributed by atoms with Crippen LogP contribution in [0.2, 0.25) is 0 Å². The number of rotatable bonds is 2. The van der Waals surface area contributed by atoms with Crippen LogP contribution in [-0.2, 0) is 0 Å². The maximum atomic E-state index is 10.5. The lowest BCUT2D eigenvalue weighted by Crippen LogP contribution is -2.09. The van der Waals surface area contributed by atoms with Crippen molar-refractivity contribution in [3.8, 4) is 0 Å². The zero-order chi connectivity index (χ0) is 9.84. The number of hydrogen-bond acceptors (Lipinski definition) is 2. The fourth-order valence-electron chi connectivity index (χ4n) is 1.03. The van der Waals surface area contributed by atoms with E-state index in [9.17, 15) is 9.59 Å². The molecule has 0 saturated heterocycles. The summed E-state index contributed by atoms with van der Waals surface area (Å²) < 4.78 is 0. The van der Waals surface area contributed by atoms with Gasteiger partial charge in [-0.1, -0.05) is 12.1 Å². The van der Waals surface area contributed by atoms with Crippen molar-refractivity contribution in [2.24, 2.45) is 0 Å². The highest BCUT2D eigenvalue weighted by molar-refractivity contribution is 5.87. The average molecular weight is 179 g/mol. The predicted octanol–water partition coefficient (Wildman–Crippen LogP) is 1.90. The zero-order valence-electron chi connectivity index (χ0n) is 7.07. The molecule has 2 N–H and O–H groups in total. The molecule has 0 aliphatic carbocycles. The quantitative estimate of drug-likeness (QED) is 0.681. The number of anilines is 1. The van der Waals surface area contributed by atoms with Gasteiger partial charge in [-0.2, -0.15) is 0 Å². The van der Waals surface area contributed by atoms with Gasteiger partial charge in [-0.05, 0) is 18.6 Å². The third-order valence-corrected chi connectivity index (χ3v) is 1.74. The van der Waals surface area contributed by atoms with E-state index in [-0.39, 0.29) is 0 Å². The van der Waals surface area contributed by atoms with Crippen LogP contribution in [0.25, 0.3) is 0 Å². The summed E-state index contributed by atoms with van der Waals surface area (Å²) in [5, 5.41) is 10.7. The van der Waals surface area contributed by atoms with Gasteiger partial charge in [0.15, 0.2) is 0 Å². The molecule has 0 heterocycles. The Morgan fingerprint density at radius 3 is 2.77 bits per heavy atom. The van der Waals surface area contributed by atoms with Gasteiger partial charge in [0.05, 0.1) is 0 Å². The van der Waals surface area contributed by atoms with Crippen molar-refractivity contribution in [3.05, 3.63) is 29.3 Å². The van der Waals surface area contributed by atoms with Crippen molar-refractivity contribution in [1.29, 1.82) is 0 Å². The van der Waals surface area contributed by atoms with Gasteiger partial charge in [0.25, 0.3) is 0 Å². The Balaban J connectivity index is 3.07. The molecule has 0 bridgehead atoms. The fraction of sp³-hybridized carbons (Fsp3) is 0.111. The van der Waals surface area contributed by atoms with Crippen LogP contribution in [0.1, 0.15) is 15.9 Å². The molecule has 4 heteroatoms. The van der Waals surface area contributed by atoms with E-state index in [1.807, 2.05) is 0 Å². The molecule has 0 spiro atoms. The molecule has 13 heavy (non-hydrogen) atoms. The van der Waals surface area contributed by atoms with E-state index in [4.69, 9.17) is 5.11 Å². The summed E-state index contributed by atoms with van der Waals surface area (Å²) >= 11 is 0. The molecule has 0 aromatic heterocycles. The van der Waals surface area contributed by atoms with Crippen molar-refractivity contribution < 1.29 is 14.7 Å². The van der Waals surface area contributed by atoms with E-state index in [2.05, 4.69) is 5.32 Å². The molecule has 1 amide bonds. The zero-order valence-corrected chi connectivity index (χ0v) is 7.07. The lowest BCUT2D eigenvalue weighted by atomic mass is 10.1. The Hall–Kier alpha value is -1.84. The molecule has 68 valence electrons. The number of hydrogen-bond donors (Lipinski definition) is 2. The molecular weight excluding hydrogens is 170 g/mol. The first-order valence-electron chi connectivity index (χ1n) is 3.70. The largest absolute Gasteiger partial charge is 0.465 e. The van der Waals surface area contributed by atoms with Crippen molar-refractivity contribution in [1.82, 2.24) is 0 Å². The molecule has 0 atom stereocenters. The molecule has 0 saturated carbocycles. The molecule has 1 aromatic carbocycles. The van der Waals surface area contributed by atoms with E-state index in [0.717, 1.165) is 0 Å². The number of carbonyl (C=O) groups is 2. The summed E-state index contributed by atoms with van der Waals surface area (Å²) in [5.41, 5.74) is 1.57. The van der Waals surface area contributed by atoms with Crippen LogP contribution in [0.4, 0.5) is 10.5 Å². The molecule has 4 nitrogen and oxygen atoms in total. The highest BCUT2D eigenvalue weighted by Crippen LogP contribution is 2.16. The third-order valence-electron chi connectivity index (χ3n) is 1.74. The van der Waals surface area contributed by atoms with Gasteiger partial charge in [0, 0.05) is 11.3 Å². The van der Waals surface area contributed by atoms with E-state index in [1.165, 1.54) is 0 Å². The summed E-state index contributed by atoms with van der Waals surface area (Å²) in [6, 6.07) is 4.87. The van der Waals surface area contributed by atoms with Crippen molar-refractivity contribution in [3.63, 3.8) is 0 Å². The normalized spacial score (nSPS) is 9.31. The Labute approximate surface area is 75.2 Å². The van der Waals surface area contributed by atoms with E-state index in [1.54, 1.807) is 25.1 Å². The van der Waals surface area contributed by atoms with Gasteiger partial charge in [0.2, 0.25) is 0 Å². The SMILES string of the molecule is Cc1c(C=O)cccc1NC(=O)O. The van der Waals surface area contributed by atoms with Crippen LogP contribution in [-0.4, -0.2) is 17.5 Å². The standard InChI is InChI=1S/C9H9NO3/c1-6-7(5-11)3-2-4-8(6)10-9(12)13/h2-5,10H,1H3,(H,12,13). The van der Waals surface area contributed by atoms with Crippen LogP contribution in [0.15, 0.2) is 18.2 Å². The van der Waals surface area contributed by atoms with Crippen LogP contribution in [0.3, 0.4) is 0 Å². The van der Waals surface area contributed by atoms with Crippen molar-refractivity contribution in [2.75, 3.05) is 5.32 Å². The van der Waals surface area contributed by atoms with Crippen LogP contribution in [0.5, 0.6) is 0 Å². The summed E-state index contributed by atoms with van der Waals surface area (Å²) in [5.74, 6) is 0. The Bertz CT molecular complexity index is 347. The average Bonchev–Trinajstić information content (AvgIpc) is 2.08. The first-order valence-corrected chi connectivity index (χ1v) is 3.70. The lowest BCUT2D eigenvalue weighted by Gasteiger charge is -2.06. The Kier molecular flexibility index (Phi) is 2.64. The lowest BCUT2D eigenvalue weighted by molar-refractivity contribution is 0.112. The van der Waals surface area contributed by atoms with Crippen molar-refractivity contribution >= 4 is 18.1 Å². The number of carbonyl (C=O) groups excluding carboxylic acids is 1. The molecule has 0 aliphatic rings. The number of amides is 1. The first-order chi connectivity index (χ1) is 6.15. The molecule has 1 rings (SSSR count). The van der Waals surface area contributed by atoms with E-state index in [0.29, 0.717) is 23.1 Å². The molecule has 0 aliphatic heterocycles. The summed E-state index contributed by atoms with van der Waals surface area (Å²) in [4.78, 5) is 20.8. The predicted molar refractivity (Wildman–Crippen MR) is 48.2 cm³/mol. The second kappa shape index (κ2) is 3.71. The summed E-state index contributed by atoms with van der Waals surface area (Å²) in [6.45, 7) is 1.69. The maximum absolute atomic E-state index is 10.5. The second-order valence-corrected chi connectivity index (χ2v) is 2.57. The molecular formula is C9H9NO3. The maximum Gasteiger partial charge on any atom is 0.409 e. The monoisotopic (exact) mass is 179 g/mol. The number of benzene rings is 1. The van der Waals surface area contributed by atoms with Gasteiger partial charge in [-0.15, -0.1) is 0 Å². The summed E-state index contributed by atoms with van der Waals surface area (Å²) in [7, 11) is 0. The topological polar surface area (TPSA) is 66.4 Å². The van der Waals surface area contributed by atoms with Crippen LogP contribution < -0.4 is 5.32 Å². The fourth-order valence-corrected chi connectivity index (χ4v) is 1.03. The Morgan fingerprint density at radius 1 is 1.54 bits per heavy atom. The molecule has 1 aromatic rings. The first kappa shape index (κ1) is 9.25. The Morgan fingerprint density at radius 2 is 2.23 bits per heavy atom. The molecule has 0 unspecified atom stereocenters.